The molecule has 0 saturated carbocycles. The molecule has 0 aliphatic rings. The fourth-order valence-corrected chi connectivity index (χ4v) is 2.83. The van der Waals surface area contributed by atoms with Gasteiger partial charge in [0.25, 0.3) is 0 Å². The lowest BCUT2D eigenvalue weighted by molar-refractivity contribution is 0.0377. The molecule has 20 heavy (non-hydrogen) atoms. The molecule has 0 radical (unpaired) electrons. The molecule has 0 unspecified atom stereocenters. The third kappa shape index (κ3) is 3.74. The maximum Gasteiger partial charge on any atom is 0.243 e. The summed E-state index contributed by atoms with van der Waals surface area (Å²) in [5.41, 5.74) is -1.17. The smallest absolute Gasteiger partial charge is 0.243 e. The first kappa shape index (κ1) is 17.0. The van der Waals surface area contributed by atoms with Crippen LogP contribution in [-0.2, 0) is 10.0 Å². The van der Waals surface area contributed by atoms with E-state index in [1.165, 1.54) is 6.92 Å². The molecule has 0 heterocycles. The Morgan fingerprint density at radius 3 is 2.25 bits per heavy atom. The Bertz CT molecular complexity index is 584. The maximum absolute atomic E-state index is 13.7. The Balaban J connectivity index is 3.04. The quantitative estimate of drug-likeness (QED) is 0.846. The van der Waals surface area contributed by atoms with Crippen molar-refractivity contribution in [3.63, 3.8) is 0 Å². The van der Waals surface area contributed by atoms with Gasteiger partial charge in [0.2, 0.25) is 10.0 Å². The second-order valence-corrected chi connectivity index (χ2v) is 6.52. The number of nitrogens with one attached hydrogen (secondary N) is 1. The van der Waals surface area contributed by atoms with Gasteiger partial charge in [-0.1, -0.05) is 13.8 Å². The van der Waals surface area contributed by atoms with Crippen molar-refractivity contribution in [2.45, 2.75) is 44.1 Å². The Labute approximate surface area is 117 Å². The van der Waals surface area contributed by atoms with Crippen molar-refractivity contribution in [3.8, 4) is 0 Å². The lowest BCUT2D eigenvalue weighted by Gasteiger charge is -2.25. The molecule has 0 aliphatic carbocycles. The molecule has 0 atom stereocenters. The Kier molecular flexibility index (Phi) is 5.23. The van der Waals surface area contributed by atoms with Crippen LogP contribution in [0.1, 0.15) is 32.3 Å². The minimum absolute atomic E-state index is 0.0278. The molecule has 0 aliphatic heterocycles. The van der Waals surface area contributed by atoms with Crippen LogP contribution >= 0.6 is 0 Å². The number of aryl methyl sites for hydroxylation is 1. The van der Waals surface area contributed by atoms with Gasteiger partial charge in [-0.3, -0.25) is 0 Å². The van der Waals surface area contributed by atoms with Crippen LogP contribution in [0.15, 0.2) is 17.0 Å². The second kappa shape index (κ2) is 6.15. The zero-order valence-corrected chi connectivity index (χ0v) is 12.5. The van der Waals surface area contributed by atoms with E-state index < -0.39 is 32.2 Å². The fourth-order valence-electron chi connectivity index (χ4n) is 1.64. The van der Waals surface area contributed by atoms with Gasteiger partial charge in [-0.05, 0) is 37.5 Å². The average Bonchev–Trinajstić information content (AvgIpc) is 2.40. The summed E-state index contributed by atoms with van der Waals surface area (Å²) in [4.78, 5) is -0.754. The van der Waals surface area contributed by atoms with Crippen LogP contribution in [0.5, 0.6) is 0 Å². The van der Waals surface area contributed by atoms with E-state index in [0.29, 0.717) is 18.9 Å². The zero-order chi connectivity index (χ0) is 15.6. The summed E-state index contributed by atoms with van der Waals surface area (Å²) in [6.07, 6.45) is 0.688. The van der Waals surface area contributed by atoms with Crippen molar-refractivity contribution < 1.29 is 22.3 Å². The molecule has 1 aromatic carbocycles. The lowest BCUT2D eigenvalue weighted by atomic mass is 9.98. The first-order chi connectivity index (χ1) is 9.15. The van der Waals surface area contributed by atoms with Gasteiger partial charge in [0, 0.05) is 6.54 Å². The van der Waals surface area contributed by atoms with Crippen LogP contribution in [0, 0.1) is 18.6 Å². The molecule has 0 aromatic heterocycles. The monoisotopic (exact) mass is 307 g/mol. The highest BCUT2D eigenvalue weighted by Crippen LogP contribution is 2.20. The molecule has 2 N–H and O–H groups in total. The maximum atomic E-state index is 13.7. The summed E-state index contributed by atoms with van der Waals surface area (Å²) in [6.45, 7) is 4.51. The second-order valence-electron chi connectivity index (χ2n) is 4.79. The zero-order valence-electron chi connectivity index (χ0n) is 11.7. The number of rotatable bonds is 6. The summed E-state index contributed by atoms with van der Waals surface area (Å²) < 4.78 is 53.1. The van der Waals surface area contributed by atoms with E-state index in [1.54, 1.807) is 13.8 Å². The van der Waals surface area contributed by atoms with Crippen LogP contribution in [0.25, 0.3) is 0 Å². The topological polar surface area (TPSA) is 66.4 Å². The molecule has 7 heteroatoms. The van der Waals surface area contributed by atoms with Gasteiger partial charge in [0.05, 0.1) is 5.60 Å². The van der Waals surface area contributed by atoms with Crippen LogP contribution in [0.3, 0.4) is 0 Å². The summed E-state index contributed by atoms with van der Waals surface area (Å²) in [5.74, 6) is -1.82. The standard InChI is InChI=1S/C13H19F2NO3S/c1-4-13(17,5-2)8-16-20(18,19)12-7-10(14)9(3)6-11(12)15/h6-7,16-17H,4-5,8H2,1-3H3. The van der Waals surface area contributed by atoms with Crippen molar-refractivity contribution in [2.75, 3.05) is 6.54 Å². The first-order valence-electron chi connectivity index (χ1n) is 6.33. The van der Waals surface area contributed by atoms with Crippen molar-refractivity contribution in [3.05, 3.63) is 29.3 Å². The third-order valence-electron chi connectivity index (χ3n) is 3.41. The summed E-state index contributed by atoms with van der Waals surface area (Å²) >= 11 is 0. The molecular formula is C13H19F2NO3S. The SMILES string of the molecule is CCC(O)(CC)CNS(=O)(=O)c1cc(F)c(C)cc1F. The number of aliphatic hydroxyl groups is 1. The van der Waals surface area contributed by atoms with Crippen molar-refractivity contribution in [1.82, 2.24) is 4.72 Å². The minimum Gasteiger partial charge on any atom is -0.389 e. The van der Waals surface area contributed by atoms with Gasteiger partial charge in [-0.15, -0.1) is 0 Å². The Hall–Kier alpha value is -1.05. The van der Waals surface area contributed by atoms with Crippen LogP contribution in [0.4, 0.5) is 8.78 Å². The average molecular weight is 307 g/mol. The molecule has 4 nitrogen and oxygen atoms in total. The van der Waals surface area contributed by atoms with Crippen molar-refractivity contribution >= 4 is 10.0 Å². The van der Waals surface area contributed by atoms with Crippen molar-refractivity contribution in [2.24, 2.45) is 0 Å². The predicted octanol–water partition coefficient (Wildman–Crippen LogP) is 2.10. The Morgan fingerprint density at radius 1 is 1.20 bits per heavy atom. The molecule has 0 bridgehead atoms. The highest BCUT2D eigenvalue weighted by Gasteiger charge is 2.27. The van der Waals surface area contributed by atoms with E-state index in [0.717, 1.165) is 6.07 Å². The predicted molar refractivity (Wildman–Crippen MR) is 71.8 cm³/mol. The van der Waals surface area contributed by atoms with E-state index >= 15 is 0 Å². The highest BCUT2D eigenvalue weighted by atomic mass is 32.2. The van der Waals surface area contributed by atoms with E-state index in [-0.39, 0.29) is 12.1 Å². The largest absolute Gasteiger partial charge is 0.389 e. The van der Waals surface area contributed by atoms with E-state index in [4.69, 9.17) is 0 Å². The van der Waals surface area contributed by atoms with E-state index in [9.17, 15) is 22.3 Å². The van der Waals surface area contributed by atoms with Crippen molar-refractivity contribution in [1.29, 1.82) is 0 Å². The number of hydrogen-bond acceptors (Lipinski definition) is 3. The van der Waals surface area contributed by atoms with Crippen LogP contribution in [0.2, 0.25) is 0 Å². The first-order valence-corrected chi connectivity index (χ1v) is 7.81. The number of benzene rings is 1. The molecule has 0 saturated heterocycles. The molecule has 1 aromatic rings. The van der Waals surface area contributed by atoms with Gasteiger partial charge in [-0.2, -0.15) is 0 Å². The molecule has 1 rings (SSSR count). The normalized spacial score (nSPS) is 12.7. The van der Waals surface area contributed by atoms with Gasteiger partial charge >= 0.3 is 0 Å². The molecule has 0 amide bonds. The molecule has 0 fully saturated rings. The summed E-state index contributed by atoms with van der Waals surface area (Å²) in [6, 6.07) is 1.47. The molecular weight excluding hydrogens is 288 g/mol. The highest BCUT2D eigenvalue weighted by molar-refractivity contribution is 7.89. The minimum atomic E-state index is -4.21. The number of sulfonamides is 1. The Morgan fingerprint density at radius 2 is 1.75 bits per heavy atom. The molecule has 0 spiro atoms. The summed E-state index contributed by atoms with van der Waals surface area (Å²) in [7, 11) is -4.21. The summed E-state index contributed by atoms with van der Waals surface area (Å²) in [5, 5.41) is 10.0. The third-order valence-corrected chi connectivity index (χ3v) is 4.83. The van der Waals surface area contributed by atoms with E-state index in [1.807, 2.05) is 0 Å². The molecule has 114 valence electrons. The number of halogens is 2. The fraction of sp³-hybridized carbons (Fsp3) is 0.538. The van der Waals surface area contributed by atoms with Gasteiger partial charge in [-0.25, -0.2) is 21.9 Å². The van der Waals surface area contributed by atoms with Crippen LogP contribution < -0.4 is 4.72 Å². The van der Waals surface area contributed by atoms with Crippen LogP contribution in [-0.4, -0.2) is 25.7 Å². The van der Waals surface area contributed by atoms with Gasteiger partial charge < -0.3 is 5.11 Å². The number of hydrogen-bond donors (Lipinski definition) is 2. The van der Waals surface area contributed by atoms with E-state index in [2.05, 4.69) is 4.72 Å². The van der Waals surface area contributed by atoms with Gasteiger partial charge in [0.15, 0.2) is 0 Å². The lowest BCUT2D eigenvalue weighted by Crippen LogP contribution is -2.42. The van der Waals surface area contributed by atoms with Gasteiger partial charge in [0.1, 0.15) is 16.5 Å².